The molecule has 0 atom stereocenters. The Kier molecular flexibility index (Phi) is 10.7. The Bertz CT molecular complexity index is 1810. The van der Waals surface area contributed by atoms with Gasteiger partial charge in [-0.05, 0) is 111 Å². The van der Waals surface area contributed by atoms with E-state index in [1.165, 1.54) is 11.3 Å². The molecular formula is C37H50BrN6O6P. The van der Waals surface area contributed by atoms with Gasteiger partial charge in [0.1, 0.15) is 37.5 Å². The molecule has 3 aliphatic rings. The third-order valence-electron chi connectivity index (χ3n) is 9.89. The van der Waals surface area contributed by atoms with Crippen LogP contribution in [0.4, 0.5) is 33.6 Å². The van der Waals surface area contributed by atoms with E-state index in [-0.39, 0.29) is 11.5 Å². The highest BCUT2D eigenvalue weighted by atomic mass is 79.9. The molecule has 3 aromatic rings. The molecule has 276 valence electrons. The molecule has 1 spiro atoms. The molecule has 1 aromatic heterocycles. The van der Waals surface area contributed by atoms with Crippen molar-refractivity contribution in [1.82, 2.24) is 14.9 Å². The number of amides is 1. The van der Waals surface area contributed by atoms with Gasteiger partial charge in [0, 0.05) is 44.1 Å². The summed E-state index contributed by atoms with van der Waals surface area (Å²) in [5.74, 6) is 2.67. The Morgan fingerprint density at radius 2 is 1.71 bits per heavy atom. The molecule has 14 heteroatoms. The largest absolute Gasteiger partial charge is 0.494 e. The summed E-state index contributed by atoms with van der Waals surface area (Å²) in [7, 11) is -1.10. The normalized spacial score (nSPS) is 17.3. The van der Waals surface area contributed by atoms with Crippen molar-refractivity contribution in [3.8, 4) is 17.2 Å². The summed E-state index contributed by atoms with van der Waals surface area (Å²) in [5, 5.41) is 7.32. The molecule has 1 amide bonds. The summed E-state index contributed by atoms with van der Waals surface area (Å²) in [6.07, 6.45) is 6.49. The molecule has 51 heavy (non-hydrogen) atoms. The van der Waals surface area contributed by atoms with E-state index < -0.39 is 12.7 Å². The number of benzene rings is 2. The number of hydrogen-bond donors (Lipinski definition) is 2. The molecule has 0 saturated carbocycles. The van der Waals surface area contributed by atoms with Crippen molar-refractivity contribution in [1.29, 1.82) is 0 Å². The number of methoxy groups -OCH3 is 1. The van der Waals surface area contributed by atoms with Crippen LogP contribution >= 0.6 is 23.1 Å². The Balaban J connectivity index is 1.17. The van der Waals surface area contributed by atoms with Crippen LogP contribution in [0.1, 0.15) is 58.9 Å². The van der Waals surface area contributed by atoms with Crippen LogP contribution in [-0.2, 0) is 15.7 Å². The van der Waals surface area contributed by atoms with E-state index >= 15 is 0 Å². The zero-order chi connectivity index (χ0) is 36.6. The Hall–Kier alpha value is -3.70. The lowest BCUT2D eigenvalue weighted by molar-refractivity contribution is 0.00665. The van der Waals surface area contributed by atoms with Crippen molar-refractivity contribution in [2.24, 2.45) is 5.41 Å². The number of carbonyl (C=O) groups is 1. The molecule has 2 saturated heterocycles. The molecule has 6 rings (SSSR count). The van der Waals surface area contributed by atoms with Crippen LogP contribution < -0.4 is 35.0 Å². The molecular weight excluding hydrogens is 735 g/mol. The van der Waals surface area contributed by atoms with Crippen molar-refractivity contribution in [3.05, 3.63) is 40.5 Å². The van der Waals surface area contributed by atoms with Gasteiger partial charge in [0.15, 0.2) is 11.5 Å². The van der Waals surface area contributed by atoms with Crippen LogP contribution in [0.2, 0.25) is 0 Å². The molecule has 2 N–H and O–H groups in total. The average molecular weight is 786 g/mol. The van der Waals surface area contributed by atoms with Gasteiger partial charge >= 0.3 is 6.09 Å². The number of rotatable bonds is 8. The first-order chi connectivity index (χ1) is 24.2. The highest BCUT2D eigenvalue weighted by molar-refractivity contribution is 9.10. The van der Waals surface area contributed by atoms with E-state index in [1.54, 1.807) is 26.6 Å². The van der Waals surface area contributed by atoms with Crippen LogP contribution in [0, 0.1) is 5.41 Å². The van der Waals surface area contributed by atoms with Gasteiger partial charge in [0.2, 0.25) is 5.95 Å². The maximum absolute atomic E-state index is 13.4. The molecule has 0 aliphatic carbocycles. The van der Waals surface area contributed by atoms with Gasteiger partial charge < -0.3 is 43.9 Å². The van der Waals surface area contributed by atoms with Gasteiger partial charge in [-0.1, -0.05) is 6.92 Å². The standard InChI is InChI=1S/C37H50BrN6O6P/c1-8-24-21-27(30(47-5)22-28(24)43-15-11-37(12-16-43)13-17-44(18-14-37)35(45)50-36(2,3)4)41-34-39-23-25(38)33(42-34)40-26-9-10-29-31(49-20-19-48-29)32(26)51(6,7)46/h9-10,21-23H,8,11-20H2,1-7H3,(H2,39,40,41,42). The predicted molar refractivity (Wildman–Crippen MR) is 206 cm³/mol. The van der Waals surface area contributed by atoms with E-state index in [4.69, 9.17) is 23.9 Å². The van der Waals surface area contributed by atoms with Crippen LogP contribution in [0.3, 0.4) is 0 Å². The summed E-state index contributed by atoms with van der Waals surface area (Å²) < 4.78 is 37.3. The van der Waals surface area contributed by atoms with Crippen LogP contribution in [0.5, 0.6) is 17.2 Å². The van der Waals surface area contributed by atoms with Crippen LogP contribution in [0.25, 0.3) is 0 Å². The first-order valence-electron chi connectivity index (χ1n) is 17.7. The molecule has 2 aromatic carbocycles. The fraction of sp³-hybridized carbons (Fsp3) is 0.541. The zero-order valence-electron chi connectivity index (χ0n) is 30.7. The monoisotopic (exact) mass is 784 g/mol. The highest BCUT2D eigenvalue weighted by Gasteiger charge is 2.40. The minimum atomic E-state index is -2.78. The maximum atomic E-state index is 13.4. The fourth-order valence-corrected chi connectivity index (χ4v) is 8.83. The number of aryl methyl sites for hydroxylation is 1. The highest BCUT2D eigenvalue weighted by Crippen LogP contribution is 2.47. The number of aromatic nitrogens is 2. The number of nitrogens with zero attached hydrogens (tertiary/aromatic N) is 4. The fourth-order valence-electron chi connectivity index (χ4n) is 7.17. The number of fused-ring (bicyclic) bond motifs is 1. The van der Waals surface area contributed by atoms with Gasteiger partial charge in [0.05, 0.1) is 28.3 Å². The van der Waals surface area contributed by atoms with Crippen molar-refractivity contribution in [3.63, 3.8) is 0 Å². The van der Waals surface area contributed by atoms with Crippen molar-refractivity contribution >= 4 is 63.3 Å². The number of hydrogen-bond acceptors (Lipinski definition) is 11. The lowest BCUT2D eigenvalue weighted by Crippen LogP contribution is -2.49. The molecule has 2 fully saturated rings. The van der Waals surface area contributed by atoms with Crippen molar-refractivity contribution in [2.45, 2.75) is 65.4 Å². The van der Waals surface area contributed by atoms with Crippen molar-refractivity contribution in [2.75, 3.05) is 75.4 Å². The Morgan fingerprint density at radius 1 is 1.02 bits per heavy atom. The van der Waals surface area contributed by atoms with Gasteiger partial charge in [-0.2, -0.15) is 4.98 Å². The van der Waals surface area contributed by atoms with E-state index in [0.717, 1.165) is 64.0 Å². The van der Waals surface area contributed by atoms with Crippen molar-refractivity contribution < 1.29 is 28.3 Å². The van der Waals surface area contributed by atoms with E-state index in [2.05, 4.69) is 55.5 Å². The number of piperidine rings is 2. The smallest absolute Gasteiger partial charge is 0.410 e. The van der Waals surface area contributed by atoms with Crippen LogP contribution in [0.15, 0.2) is 34.9 Å². The molecule has 4 heterocycles. The number of anilines is 5. The third kappa shape index (κ3) is 8.35. The second-order valence-electron chi connectivity index (χ2n) is 15.0. The SMILES string of the molecule is CCc1cc(Nc2ncc(Br)c(Nc3ccc4c(c3P(C)(C)=O)OCCO4)n2)c(OC)cc1N1CCC2(CCN(C(=O)OC(C)(C)C)CC2)CC1. The van der Waals surface area contributed by atoms with E-state index in [1.807, 2.05) is 37.8 Å². The van der Waals surface area contributed by atoms with E-state index in [0.29, 0.717) is 57.7 Å². The topological polar surface area (TPSA) is 127 Å². The van der Waals surface area contributed by atoms with Crippen LogP contribution in [-0.4, -0.2) is 86.4 Å². The first kappa shape index (κ1) is 37.1. The summed E-state index contributed by atoms with van der Waals surface area (Å²) in [6.45, 7) is 15.6. The van der Waals surface area contributed by atoms with Gasteiger partial charge in [-0.15, -0.1) is 0 Å². The molecule has 0 bridgehead atoms. The number of nitrogens with one attached hydrogen (secondary N) is 2. The zero-order valence-corrected chi connectivity index (χ0v) is 33.2. The molecule has 0 radical (unpaired) electrons. The lowest BCUT2D eigenvalue weighted by Gasteiger charge is -2.47. The number of likely N-dealkylation sites (tertiary alicyclic amines) is 1. The lowest BCUT2D eigenvalue weighted by atomic mass is 9.71. The van der Waals surface area contributed by atoms with Gasteiger partial charge in [0.25, 0.3) is 0 Å². The Labute approximate surface area is 309 Å². The van der Waals surface area contributed by atoms with E-state index in [9.17, 15) is 9.36 Å². The second kappa shape index (κ2) is 14.7. The molecule has 3 aliphatic heterocycles. The summed E-state index contributed by atoms with van der Waals surface area (Å²) in [5.41, 5.74) is 3.54. The number of carbonyl (C=O) groups excluding carboxylic acids is 1. The summed E-state index contributed by atoms with van der Waals surface area (Å²) >= 11 is 3.58. The maximum Gasteiger partial charge on any atom is 0.410 e. The number of ether oxygens (including phenoxy) is 4. The molecule has 12 nitrogen and oxygen atoms in total. The quantitative estimate of drug-likeness (QED) is 0.216. The number of halogens is 1. The minimum absolute atomic E-state index is 0.206. The first-order valence-corrected chi connectivity index (χ1v) is 21.1. The van der Waals surface area contributed by atoms with Gasteiger partial charge in [-0.25, -0.2) is 9.78 Å². The summed E-state index contributed by atoms with van der Waals surface area (Å²) in [4.78, 5) is 26.3. The summed E-state index contributed by atoms with van der Waals surface area (Å²) in [6, 6.07) is 7.90. The second-order valence-corrected chi connectivity index (χ2v) is 19.0. The average Bonchev–Trinajstić information content (AvgIpc) is 3.09. The third-order valence-corrected chi connectivity index (χ3v) is 12.0. The molecule has 0 unspecified atom stereocenters. The predicted octanol–water partition coefficient (Wildman–Crippen LogP) is 7.93. The minimum Gasteiger partial charge on any atom is -0.494 e. The Morgan fingerprint density at radius 3 is 2.35 bits per heavy atom. The van der Waals surface area contributed by atoms with Gasteiger partial charge in [-0.3, -0.25) is 0 Å².